The molecule has 8 nitrogen and oxygen atoms in total. The summed E-state index contributed by atoms with van der Waals surface area (Å²) < 4.78 is 26.5. The predicted octanol–water partition coefficient (Wildman–Crippen LogP) is 4.51. The number of carbonyl (C=O) groups excluding carboxylic acids is 2. The number of aromatic nitrogens is 1. The molecule has 0 unspecified atom stereocenters. The van der Waals surface area contributed by atoms with E-state index in [2.05, 4.69) is 4.98 Å². The molecule has 0 saturated carbocycles. The topological polar surface area (TPSA) is 93.2 Å². The van der Waals surface area contributed by atoms with Crippen molar-refractivity contribution in [2.75, 3.05) is 34.5 Å². The molecule has 0 radical (unpaired) electrons. The molecule has 0 bridgehead atoms. The highest BCUT2D eigenvalue weighted by Gasteiger charge is 2.12. The van der Waals surface area contributed by atoms with Crippen LogP contribution in [0, 0.1) is 0 Å². The minimum atomic E-state index is -0.226. The maximum atomic E-state index is 12.6. The van der Waals surface area contributed by atoms with Gasteiger partial charge in [0.15, 0.2) is 17.3 Å². The van der Waals surface area contributed by atoms with Gasteiger partial charge in [-0.3, -0.25) is 14.6 Å². The Balaban J connectivity index is 1.97. The Morgan fingerprint density at radius 3 is 2.42 bits per heavy atom. The Morgan fingerprint density at radius 1 is 0.939 bits per heavy atom. The minimum absolute atomic E-state index is 0.174. The Bertz CT molecular complexity index is 956. The SMILES string of the molecule is CCOC(=O)CCCCCOc1cc(/C=C/C(=O)c2ccc(OC)cc2OC)ncc1OC. The standard InChI is InChI=1S/C25H31NO7/c1-5-32-25(28)9-7-6-8-14-33-23-15-18(26-17-24(23)31-4)10-13-21(27)20-12-11-19(29-2)16-22(20)30-3/h10-13,15-17H,5-9,14H2,1-4H3/b13-10+. The highest BCUT2D eigenvalue weighted by Crippen LogP contribution is 2.28. The summed E-state index contributed by atoms with van der Waals surface area (Å²) in [7, 11) is 4.59. The van der Waals surface area contributed by atoms with Crippen LogP contribution in [0.1, 0.15) is 48.7 Å². The Morgan fingerprint density at radius 2 is 1.73 bits per heavy atom. The first kappa shape index (κ1) is 25.7. The summed E-state index contributed by atoms with van der Waals surface area (Å²) in [5.74, 6) is 1.67. The Hall–Kier alpha value is -3.55. The summed E-state index contributed by atoms with van der Waals surface area (Å²) in [4.78, 5) is 28.3. The van der Waals surface area contributed by atoms with Crippen LogP contribution >= 0.6 is 0 Å². The smallest absolute Gasteiger partial charge is 0.305 e. The van der Waals surface area contributed by atoms with Gasteiger partial charge in [-0.15, -0.1) is 0 Å². The van der Waals surface area contributed by atoms with Crippen LogP contribution in [0.4, 0.5) is 0 Å². The van der Waals surface area contributed by atoms with Crippen LogP contribution in [0.3, 0.4) is 0 Å². The van der Waals surface area contributed by atoms with E-state index in [1.807, 2.05) is 0 Å². The van der Waals surface area contributed by atoms with Crippen molar-refractivity contribution >= 4 is 17.8 Å². The first-order valence-corrected chi connectivity index (χ1v) is 10.8. The van der Waals surface area contributed by atoms with E-state index in [4.69, 9.17) is 23.7 Å². The second-order valence-corrected chi connectivity index (χ2v) is 6.99. The third kappa shape index (κ3) is 8.14. The molecule has 0 N–H and O–H groups in total. The average molecular weight is 458 g/mol. The number of hydrogen-bond donors (Lipinski definition) is 0. The number of unbranched alkanes of at least 4 members (excludes halogenated alkanes) is 2. The Kier molecular flexibility index (Phi) is 10.7. The van der Waals surface area contributed by atoms with E-state index in [0.29, 0.717) is 53.9 Å². The van der Waals surface area contributed by atoms with Crippen molar-refractivity contribution in [3.8, 4) is 23.0 Å². The molecule has 178 valence electrons. The van der Waals surface area contributed by atoms with Crippen molar-refractivity contribution in [2.24, 2.45) is 0 Å². The van der Waals surface area contributed by atoms with Gasteiger partial charge in [-0.1, -0.05) is 0 Å². The zero-order valence-corrected chi connectivity index (χ0v) is 19.6. The lowest BCUT2D eigenvalue weighted by Crippen LogP contribution is -2.04. The molecule has 0 aliphatic rings. The van der Waals surface area contributed by atoms with Crippen molar-refractivity contribution < 1.29 is 33.3 Å². The fourth-order valence-electron chi connectivity index (χ4n) is 3.01. The molecule has 0 atom stereocenters. The van der Waals surface area contributed by atoms with Crippen molar-refractivity contribution in [2.45, 2.75) is 32.6 Å². The van der Waals surface area contributed by atoms with E-state index in [-0.39, 0.29) is 11.8 Å². The van der Waals surface area contributed by atoms with Gasteiger partial charge in [0.05, 0.1) is 52.0 Å². The molecule has 0 saturated heterocycles. The van der Waals surface area contributed by atoms with Crippen LogP contribution in [0.2, 0.25) is 0 Å². The zero-order chi connectivity index (χ0) is 24.1. The molecule has 0 aliphatic heterocycles. The van der Waals surface area contributed by atoms with Crippen molar-refractivity contribution in [1.82, 2.24) is 4.98 Å². The number of nitrogens with zero attached hydrogens (tertiary/aromatic N) is 1. The summed E-state index contributed by atoms with van der Waals surface area (Å²) in [5, 5.41) is 0. The fraction of sp³-hybridized carbons (Fsp3) is 0.400. The molecule has 2 rings (SSSR count). The first-order chi connectivity index (χ1) is 16.0. The molecule has 1 aromatic heterocycles. The summed E-state index contributed by atoms with van der Waals surface area (Å²) in [6, 6.07) is 6.73. The lowest BCUT2D eigenvalue weighted by molar-refractivity contribution is -0.143. The fourth-order valence-corrected chi connectivity index (χ4v) is 3.01. The van der Waals surface area contributed by atoms with Crippen LogP contribution in [-0.4, -0.2) is 51.3 Å². The molecule has 8 heteroatoms. The lowest BCUT2D eigenvalue weighted by Gasteiger charge is -2.11. The van der Waals surface area contributed by atoms with Crippen LogP contribution < -0.4 is 18.9 Å². The molecular formula is C25H31NO7. The number of hydrogen-bond acceptors (Lipinski definition) is 8. The quantitative estimate of drug-likeness (QED) is 0.177. The molecule has 0 aliphatic carbocycles. The van der Waals surface area contributed by atoms with Crippen LogP contribution in [-0.2, 0) is 9.53 Å². The zero-order valence-electron chi connectivity index (χ0n) is 19.6. The summed E-state index contributed by atoms with van der Waals surface area (Å²) >= 11 is 0. The molecule has 1 aromatic carbocycles. The predicted molar refractivity (Wildman–Crippen MR) is 124 cm³/mol. The van der Waals surface area contributed by atoms with Crippen molar-refractivity contribution in [3.05, 3.63) is 47.8 Å². The van der Waals surface area contributed by atoms with E-state index in [1.54, 1.807) is 50.6 Å². The number of pyridine rings is 1. The van der Waals surface area contributed by atoms with E-state index in [0.717, 1.165) is 19.3 Å². The molecule has 2 aromatic rings. The van der Waals surface area contributed by atoms with Gasteiger partial charge in [-0.05, 0) is 50.5 Å². The second kappa shape index (κ2) is 13.8. The molecule has 33 heavy (non-hydrogen) atoms. The van der Waals surface area contributed by atoms with Crippen LogP contribution in [0.15, 0.2) is 36.5 Å². The average Bonchev–Trinajstić information content (AvgIpc) is 2.84. The van der Waals surface area contributed by atoms with E-state index in [9.17, 15) is 9.59 Å². The minimum Gasteiger partial charge on any atom is -0.497 e. The molecule has 1 heterocycles. The number of benzene rings is 1. The van der Waals surface area contributed by atoms with Gasteiger partial charge in [-0.2, -0.15) is 0 Å². The highest BCUT2D eigenvalue weighted by atomic mass is 16.5. The van der Waals surface area contributed by atoms with E-state index in [1.165, 1.54) is 20.3 Å². The van der Waals surface area contributed by atoms with Gasteiger partial charge < -0.3 is 23.7 Å². The molecule has 0 amide bonds. The molecule has 0 fully saturated rings. The third-order valence-corrected chi connectivity index (χ3v) is 4.74. The molecule has 0 spiro atoms. The monoisotopic (exact) mass is 457 g/mol. The highest BCUT2D eigenvalue weighted by molar-refractivity contribution is 6.08. The first-order valence-electron chi connectivity index (χ1n) is 10.8. The maximum absolute atomic E-state index is 12.6. The van der Waals surface area contributed by atoms with Gasteiger partial charge in [0.1, 0.15) is 11.5 Å². The number of ketones is 1. The van der Waals surface area contributed by atoms with Gasteiger partial charge in [0, 0.05) is 18.6 Å². The van der Waals surface area contributed by atoms with Gasteiger partial charge in [0.25, 0.3) is 0 Å². The number of esters is 1. The van der Waals surface area contributed by atoms with Crippen molar-refractivity contribution in [1.29, 1.82) is 0 Å². The molecular weight excluding hydrogens is 426 g/mol. The lowest BCUT2D eigenvalue weighted by atomic mass is 10.1. The normalized spacial score (nSPS) is 10.7. The number of allylic oxidation sites excluding steroid dienone is 1. The van der Waals surface area contributed by atoms with Gasteiger partial charge in [-0.25, -0.2) is 0 Å². The third-order valence-electron chi connectivity index (χ3n) is 4.74. The van der Waals surface area contributed by atoms with E-state index >= 15 is 0 Å². The summed E-state index contributed by atoms with van der Waals surface area (Å²) in [5.41, 5.74) is 0.969. The second-order valence-electron chi connectivity index (χ2n) is 6.99. The largest absolute Gasteiger partial charge is 0.497 e. The maximum Gasteiger partial charge on any atom is 0.305 e. The summed E-state index contributed by atoms with van der Waals surface area (Å²) in [6.07, 6.45) is 7.38. The summed E-state index contributed by atoms with van der Waals surface area (Å²) in [6.45, 7) is 2.66. The van der Waals surface area contributed by atoms with Gasteiger partial charge >= 0.3 is 5.97 Å². The Labute approximate surface area is 194 Å². The van der Waals surface area contributed by atoms with Crippen LogP contribution in [0.5, 0.6) is 23.0 Å². The van der Waals surface area contributed by atoms with E-state index < -0.39 is 0 Å². The van der Waals surface area contributed by atoms with Crippen molar-refractivity contribution in [3.63, 3.8) is 0 Å². The van der Waals surface area contributed by atoms with Gasteiger partial charge in [0.2, 0.25) is 0 Å². The van der Waals surface area contributed by atoms with Crippen LogP contribution in [0.25, 0.3) is 6.08 Å². The number of carbonyl (C=O) groups is 2. The number of ether oxygens (including phenoxy) is 5. The number of methoxy groups -OCH3 is 3. The number of rotatable bonds is 14.